The Bertz CT molecular complexity index is 838. The third kappa shape index (κ3) is 4.49. The number of nitrogens with one attached hydrogen (secondary N) is 1. The van der Waals surface area contributed by atoms with Gasteiger partial charge in [0.25, 0.3) is 11.8 Å². The monoisotopic (exact) mass is 406 g/mol. The SMILES string of the molecule is O=C(O)c1[nH]nnc1O[C@H]1CC[C@@H](c2ccc(N3CCC(F)(F)CC3)cc2)CC1. The van der Waals surface area contributed by atoms with Crippen molar-refractivity contribution in [3.8, 4) is 5.88 Å². The van der Waals surface area contributed by atoms with Crippen LogP contribution in [0.3, 0.4) is 0 Å². The maximum atomic E-state index is 13.3. The summed E-state index contributed by atoms with van der Waals surface area (Å²) in [6.45, 7) is 0.768. The van der Waals surface area contributed by atoms with E-state index in [0.29, 0.717) is 19.0 Å². The van der Waals surface area contributed by atoms with E-state index in [1.54, 1.807) is 0 Å². The number of halogens is 2. The van der Waals surface area contributed by atoms with Crippen molar-refractivity contribution in [2.24, 2.45) is 0 Å². The fraction of sp³-hybridized carbons (Fsp3) is 0.550. The summed E-state index contributed by atoms with van der Waals surface area (Å²) in [7, 11) is 0. The van der Waals surface area contributed by atoms with Gasteiger partial charge in [-0.15, -0.1) is 0 Å². The molecule has 0 amide bonds. The number of carbonyl (C=O) groups is 1. The highest BCUT2D eigenvalue weighted by Gasteiger charge is 2.34. The molecule has 2 aliphatic rings. The van der Waals surface area contributed by atoms with E-state index in [-0.39, 0.29) is 30.5 Å². The number of hydrogen-bond donors (Lipinski definition) is 2. The average molecular weight is 406 g/mol. The van der Waals surface area contributed by atoms with Crippen molar-refractivity contribution in [1.82, 2.24) is 15.4 Å². The highest BCUT2D eigenvalue weighted by atomic mass is 19.3. The van der Waals surface area contributed by atoms with Crippen LogP contribution in [0.15, 0.2) is 24.3 Å². The predicted octanol–water partition coefficient (Wildman–Crippen LogP) is 3.84. The Labute approximate surface area is 167 Å². The van der Waals surface area contributed by atoms with Crippen molar-refractivity contribution in [3.63, 3.8) is 0 Å². The number of aromatic nitrogens is 3. The van der Waals surface area contributed by atoms with Crippen LogP contribution in [0.25, 0.3) is 0 Å². The first-order valence-electron chi connectivity index (χ1n) is 9.95. The molecule has 2 heterocycles. The molecule has 0 radical (unpaired) electrons. The molecule has 4 rings (SSSR count). The lowest BCUT2D eigenvalue weighted by molar-refractivity contribution is -0.0220. The van der Waals surface area contributed by atoms with Gasteiger partial charge in [0.05, 0.1) is 0 Å². The van der Waals surface area contributed by atoms with Crippen LogP contribution in [0.5, 0.6) is 5.88 Å². The zero-order valence-electron chi connectivity index (χ0n) is 16.0. The average Bonchev–Trinajstić information content (AvgIpc) is 3.17. The van der Waals surface area contributed by atoms with Crippen molar-refractivity contribution in [2.75, 3.05) is 18.0 Å². The Kier molecular flexibility index (Phi) is 5.38. The maximum Gasteiger partial charge on any atom is 0.359 e. The number of aromatic amines is 1. The second-order valence-electron chi connectivity index (χ2n) is 7.82. The number of nitrogens with zero attached hydrogens (tertiary/aromatic N) is 3. The normalized spacial score (nSPS) is 24.3. The molecule has 0 bridgehead atoms. The molecular formula is C20H24F2N4O3. The lowest BCUT2D eigenvalue weighted by atomic mass is 9.82. The van der Waals surface area contributed by atoms with Gasteiger partial charge in [-0.05, 0) is 49.3 Å². The number of rotatable bonds is 5. The molecule has 7 nitrogen and oxygen atoms in total. The fourth-order valence-electron chi connectivity index (χ4n) is 4.16. The van der Waals surface area contributed by atoms with E-state index < -0.39 is 11.9 Å². The second kappa shape index (κ2) is 7.96. The number of alkyl halides is 2. The molecule has 2 N–H and O–H groups in total. The minimum Gasteiger partial charge on any atom is -0.476 e. The molecule has 1 saturated heterocycles. The van der Waals surface area contributed by atoms with Crippen LogP contribution < -0.4 is 9.64 Å². The summed E-state index contributed by atoms with van der Waals surface area (Å²) in [5.41, 5.74) is 2.11. The number of carboxylic acid groups (broad SMARTS) is 1. The quantitative estimate of drug-likeness (QED) is 0.784. The van der Waals surface area contributed by atoms with Crippen molar-refractivity contribution in [2.45, 2.75) is 56.5 Å². The standard InChI is InChI=1S/C20H24F2N4O3/c21-20(22)9-11-26(12-10-20)15-5-1-13(2-6-15)14-3-7-16(8-4-14)29-18-17(19(27)28)23-25-24-18/h1-2,5-6,14,16H,3-4,7-12H2,(H,27,28)(H,23,24,25)/t14-,16+. The van der Waals surface area contributed by atoms with Crippen LogP contribution in [0.1, 0.15) is 60.5 Å². The van der Waals surface area contributed by atoms with E-state index in [1.165, 1.54) is 5.56 Å². The minimum atomic E-state index is -2.53. The number of ether oxygens (including phenoxy) is 1. The van der Waals surface area contributed by atoms with E-state index in [2.05, 4.69) is 27.5 Å². The van der Waals surface area contributed by atoms with Gasteiger partial charge in [0.2, 0.25) is 5.69 Å². The topological polar surface area (TPSA) is 91.3 Å². The van der Waals surface area contributed by atoms with E-state index in [4.69, 9.17) is 9.84 Å². The van der Waals surface area contributed by atoms with Gasteiger partial charge in [0.15, 0.2) is 0 Å². The van der Waals surface area contributed by atoms with Crippen molar-refractivity contribution in [3.05, 3.63) is 35.5 Å². The number of aromatic carboxylic acids is 1. The Morgan fingerprint density at radius 3 is 2.41 bits per heavy atom. The lowest BCUT2D eigenvalue weighted by Gasteiger charge is -2.34. The van der Waals surface area contributed by atoms with Crippen LogP contribution in [0.2, 0.25) is 0 Å². The minimum absolute atomic E-state index is 0.0393. The Morgan fingerprint density at radius 2 is 1.79 bits per heavy atom. The van der Waals surface area contributed by atoms with E-state index in [9.17, 15) is 13.6 Å². The molecule has 9 heteroatoms. The molecule has 29 heavy (non-hydrogen) atoms. The zero-order chi connectivity index (χ0) is 20.4. The summed E-state index contributed by atoms with van der Waals surface area (Å²) in [6, 6.07) is 8.23. The van der Waals surface area contributed by atoms with Gasteiger partial charge < -0.3 is 14.7 Å². The van der Waals surface area contributed by atoms with Gasteiger partial charge in [-0.25, -0.2) is 18.7 Å². The molecule has 1 aromatic carbocycles. The van der Waals surface area contributed by atoms with Gasteiger partial charge in [-0.3, -0.25) is 0 Å². The van der Waals surface area contributed by atoms with E-state index in [1.807, 2.05) is 17.0 Å². The summed E-state index contributed by atoms with van der Waals surface area (Å²) in [5, 5.41) is 18.6. The van der Waals surface area contributed by atoms with Gasteiger partial charge in [0.1, 0.15) is 6.10 Å². The highest BCUT2D eigenvalue weighted by molar-refractivity contribution is 5.87. The highest BCUT2D eigenvalue weighted by Crippen LogP contribution is 2.36. The maximum absolute atomic E-state index is 13.3. The molecule has 1 aliphatic carbocycles. The van der Waals surface area contributed by atoms with E-state index in [0.717, 1.165) is 31.4 Å². The molecule has 2 aromatic rings. The van der Waals surface area contributed by atoms with E-state index >= 15 is 0 Å². The first-order chi connectivity index (χ1) is 13.9. The third-order valence-electron chi connectivity index (χ3n) is 5.91. The van der Waals surface area contributed by atoms with Crippen molar-refractivity contribution >= 4 is 11.7 Å². The molecule has 156 valence electrons. The molecule has 1 aromatic heterocycles. The van der Waals surface area contributed by atoms with Crippen LogP contribution in [0.4, 0.5) is 14.5 Å². The largest absolute Gasteiger partial charge is 0.476 e. The zero-order valence-corrected chi connectivity index (χ0v) is 16.0. The summed E-state index contributed by atoms with van der Waals surface area (Å²) in [6.07, 6.45) is 3.21. The Hall–Kier alpha value is -2.71. The number of anilines is 1. The lowest BCUT2D eigenvalue weighted by Crippen LogP contribution is -2.39. The molecule has 2 fully saturated rings. The second-order valence-corrected chi connectivity index (χ2v) is 7.82. The van der Waals surface area contributed by atoms with Gasteiger partial charge >= 0.3 is 5.97 Å². The van der Waals surface area contributed by atoms with Crippen LogP contribution in [0, 0.1) is 0 Å². The number of hydrogen-bond acceptors (Lipinski definition) is 5. The van der Waals surface area contributed by atoms with Gasteiger partial charge in [-0.1, -0.05) is 22.4 Å². The van der Waals surface area contributed by atoms with Crippen molar-refractivity contribution in [1.29, 1.82) is 0 Å². The Balaban J connectivity index is 1.31. The van der Waals surface area contributed by atoms with Crippen LogP contribution in [-0.4, -0.2) is 51.6 Å². The summed E-state index contributed by atoms with van der Waals surface area (Å²) in [4.78, 5) is 13.1. The number of carboxylic acids is 1. The number of piperidine rings is 1. The first-order valence-corrected chi connectivity index (χ1v) is 9.95. The predicted molar refractivity (Wildman–Crippen MR) is 102 cm³/mol. The molecule has 0 unspecified atom stereocenters. The number of benzene rings is 1. The van der Waals surface area contributed by atoms with Crippen LogP contribution in [-0.2, 0) is 0 Å². The third-order valence-corrected chi connectivity index (χ3v) is 5.91. The van der Waals surface area contributed by atoms with Crippen LogP contribution >= 0.6 is 0 Å². The fourth-order valence-corrected chi connectivity index (χ4v) is 4.16. The van der Waals surface area contributed by atoms with Crippen molar-refractivity contribution < 1.29 is 23.4 Å². The van der Waals surface area contributed by atoms with Gasteiger partial charge in [0, 0.05) is 31.6 Å². The molecule has 0 atom stereocenters. The summed E-state index contributed by atoms with van der Waals surface area (Å²) >= 11 is 0. The molecular weight excluding hydrogens is 382 g/mol. The summed E-state index contributed by atoms with van der Waals surface area (Å²) in [5.74, 6) is -3.23. The Morgan fingerprint density at radius 1 is 1.14 bits per heavy atom. The smallest absolute Gasteiger partial charge is 0.359 e. The summed E-state index contributed by atoms with van der Waals surface area (Å²) < 4.78 is 32.4. The molecule has 1 saturated carbocycles. The first kappa shape index (κ1) is 19.6. The molecule has 0 spiro atoms. The molecule has 1 aliphatic heterocycles. The van der Waals surface area contributed by atoms with Gasteiger partial charge in [-0.2, -0.15) is 0 Å². The number of H-pyrrole nitrogens is 1.